The first kappa shape index (κ1) is 22.0. The van der Waals surface area contributed by atoms with Crippen LogP contribution in [-0.2, 0) is 25.8 Å². The first-order valence-electron chi connectivity index (χ1n) is 10.1. The largest absolute Gasteiger partial charge is 0.326 e. The van der Waals surface area contributed by atoms with E-state index in [-0.39, 0.29) is 42.2 Å². The summed E-state index contributed by atoms with van der Waals surface area (Å²) in [5.74, 6) is -0.263. The zero-order valence-corrected chi connectivity index (χ0v) is 18.4. The molecule has 1 aliphatic rings. The lowest BCUT2D eigenvalue weighted by atomic mass is 10.1. The van der Waals surface area contributed by atoms with E-state index in [0.29, 0.717) is 17.8 Å². The number of anilines is 2. The normalized spacial score (nSPS) is 17.6. The minimum atomic E-state index is -3.03. The molecule has 30 heavy (non-hydrogen) atoms. The highest BCUT2D eigenvalue weighted by molar-refractivity contribution is 7.91. The van der Waals surface area contributed by atoms with Gasteiger partial charge < -0.3 is 10.6 Å². The summed E-state index contributed by atoms with van der Waals surface area (Å²) >= 11 is 0. The van der Waals surface area contributed by atoms with Gasteiger partial charge in [-0.05, 0) is 38.3 Å². The monoisotopic (exact) mass is 432 g/mol. The van der Waals surface area contributed by atoms with Crippen molar-refractivity contribution in [3.63, 3.8) is 0 Å². The van der Waals surface area contributed by atoms with Crippen molar-refractivity contribution < 1.29 is 18.0 Å². The van der Waals surface area contributed by atoms with Crippen molar-refractivity contribution in [2.24, 2.45) is 0 Å². The van der Waals surface area contributed by atoms with Gasteiger partial charge in [-0.3, -0.25) is 14.3 Å². The SMILES string of the molecule is CCc1ccccc1NC(=O)CCC(=O)Nc1c(C)nn(C2CCS(=O)(=O)C2)c1C. The molecule has 1 saturated heterocycles. The Morgan fingerprint density at radius 2 is 1.80 bits per heavy atom. The van der Waals surface area contributed by atoms with Crippen LogP contribution in [0.3, 0.4) is 0 Å². The van der Waals surface area contributed by atoms with Gasteiger partial charge in [0.25, 0.3) is 0 Å². The van der Waals surface area contributed by atoms with E-state index in [4.69, 9.17) is 0 Å². The fraction of sp³-hybridized carbons (Fsp3) is 0.476. The zero-order valence-electron chi connectivity index (χ0n) is 17.6. The van der Waals surface area contributed by atoms with Crippen LogP contribution in [0.25, 0.3) is 0 Å². The van der Waals surface area contributed by atoms with Crippen molar-refractivity contribution in [1.29, 1.82) is 0 Å². The van der Waals surface area contributed by atoms with Gasteiger partial charge in [0, 0.05) is 18.5 Å². The van der Waals surface area contributed by atoms with Gasteiger partial charge >= 0.3 is 0 Å². The summed E-state index contributed by atoms with van der Waals surface area (Å²) in [6.45, 7) is 5.61. The van der Waals surface area contributed by atoms with Crippen LogP contribution in [0.4, 0.5) is 11.4 Å². The van der Waals surface area contributed by atoms with Crippen LogP contribution < -0.4 is 10.6 Å². The molecule has 0 radical (unpaired) electrons. The number of aryl methyl sites for hydroxylation is 2. The second kappa shape index (κ2) is 8.99. The Bertz CT molecular complexity index is 1060. The van der Waals surface area contributed by atoms with E-state index in [2.05, 4.69) is 15.7 Å². The van der Waals surface area contributed by atoms with E-state index in [0.717, 1.165) is 23.4 Å². The number of sulfone groups is 1. The number of nitrogens with one attached hydrogen (secondary N) is 2. The van der Waals surface area contributed by atoms with Crippen LogP contribution >= 0.6 is 0 Å². The van der Waals surface area contributed by atoms with E-state index in [1.807, 2.05) is 38.1 Å². The molecule has 1 atom stereocenters. The van der Waals surface area contributed by atoms with Gasteiger partial charge in [0.2, 0.25) is 11.8 Å². The molecule has 1 fully saturated rings. The maximum atomic E-state index is 12.4. The fourth-order valence-electron chi connectivity index (χ4n) is 3.76. The standard InChI is InChI=1S/C21H28N4O4S/c1-4-16-7-5-6-8-18(16)22-19(26)9-10-20(27)23-21-14(2)24-25(15(21)3)17-11-12-30(28,29)13-17/h5-8,17H,4,9-13H2,1-3H3,(H,22,26)(H,23,27). The molecule has 1 aromatic carbocycles. The third kappa shape index (κ3) is 5.08. The Balaban J connectivity index is 1.58. The molecule has 8 nitrogen and oxygen atoms in total. The third-order valence-electron chi connectivity index (χ3n) is 5.40. The smallest absolute Gasteiger partial charge is 0.224 e. The number of para-hydroxylation sites is 1. The van der Waals surface area contributed by atoms with E-state index in [1.54, 1.807) is 11.6 Å². The molecule has 9 heteroatoms. The van der Waals surface area contributed by atoms with Crippen LogP contribution in [0.15, 0.2) is 24.3 Å². The van der Waals surface area contributed by atoms with E-state index < -0.39 is 9.84 Å². The number of benzene rings is 1. The second-order valence-corrected chi connectivity index (χ2v) is 9.88. The molecule has 0 aliphatic carbocycles. The summed E-state index contributed by atoms with van der Waals surface area (Å²) in [6, 6.07) is 7.39. The van der Waals surface area contributed by atoms with Crippen molar-refractivity contribution in [3.05, 3.63) is 41.2 Å². The Hall–Kier alpha value is -2.68. The predicted octanol–water partition coefficient (Wildman–Crippen LogP) is 2.78. The third-order valence-corrected chi connectivity index (χ3v) is 7.15. The highest BCUT2D eigenvalue weighted by atomic mass is 32.2. The summed E-state index contributed by atoms with van der Waals surface area (Å²) in [4.78, 5) is 24.7. The van der Waals surface area contributed by atoms with Crippen molar-refractivity contribution in [2.75, 3.05) is 22.1 Å². The van der Waals surface area contributed by atoms with Gasteiger partial charge in [-0.25, -0.2) is 8.42 Å². The maximum Gasteiger partial charge on any atom is 0.224 e. The molecule has 2 N–H and O–H groups in total. The lowest BCUT2D eigenvalue weighted by Crippen LogP contribution is -2.18. The molecule has 2 aromatic rings. The Kier molecular flexibility index (Phi) is 6.60. The van der Waals surface area contributed by atoms with Crippen LogP contribution in [0.2, 0.25) is 0 Å². The zero-order chi connectivity index (χ0) is 21.9. The molecule has 2 heterocycles. The Morgan fingerprint density at radius 1 is 1.13 bits per heavy atom. The lowest BCUT2D eigenvalue weighted by molar-refractivity contribution is -0.121. The van der Waals surface area contributed by atoms with E-state index in [9.17, 15) is 18.0 Å². The number of carbonyl (C=O) groups is 2. The van der Waals surface area contributed by atoms with Gasteiger partial charge in [0.1, 0.15) is 0 Å². The van der Waals surface area contributed by atoms with Crippen molar-refractivity contribution in [1.82, 2.24) is 9.78 Å². The van der Waals surface area contributed by atoms with Gasteiger partial charge in [-0.1, -0.05) is 25.1 Å². The quantitative estimate of drug-likeness (QED) is 0.699. The highest BCUT2D eigenvalue weighted by Gasteiger charge is 2.31. The Morgan fingerprint density at radius 3 is 2.43 bits per heavy atom. The van der Waals surface area contributed by atoms with Gasteiger partial charge in [0.15, 0.2) is 9.84 Å². The Labute approximate surface area is 177 Å². The summed E-state index contributed by atoms with van der Waals surface area (Å²) in [5, 5.41) is 10.1. The minimum Gasteiger partial charge on any atom is -0.326 e. The molecule has 1 aromatic heterocycles. The lowest BCUT2D eigenvalue weighted by Gasteiger charge is -2.12. The summed E-state index contributed by atoms with van der Waals surface area (Å²) in [7, 11) is -3.03. The molecule has 1 aliphatic heterocycles. The van der Waals surface area contributed by atoms with Gasteiger partial charge in [0.05, 0.1) is 34.6 Å². The molecule has 2 amide bonds. The first-order chi connectivity index (χ1) is 14.2. The number of rotatable bonds is 7. The van der Waals surface area contributed by atoms with Crippen molar-refractivity contribution in [3.8, 4) is 0 Å². The number of aromatic nitrogens is 2. The highest BCUT2D eigenvalue weighted by Crippen LogP contribution is 2.29. The molecule has 0 bridgehead atoms. The molecule has 3 rings (SSSR count). The van der Waals surface area contributed by atoms with E-state index in [1.165, 1.54) is 0 Å². The molecule has 1 unspecified atom stereocenters. The molecular formula is C21H28N4O4S. The molecule has 0 spiro atoms. The number of amides is 2. The average molecular weight is 433 g/mol. The number of hydrogen-bond donors (Lipinski definition) is 2. The summed E-state index contributed by atoms with van der Waals surface area (Å²) < 4.78 is 25.2. The van der Waals surface area contributed by atoms with Crippen molar-refractivity contribution >= 4 is 33.0 Å². The number of hydrogen-bond acceptors (Lipinski definition) is 5. The summed E-state index contributed by atoms with van der Waals surface area (Å²) in [6.07, 6.45) is 1.44. The second-order valence-electron chi connectivity index (χ2n) is 7.65. The van der Waals surface area contributed by atoms with E-state index >= 15 is 0 Å². The molecule has 0 saturated carbocycles. The van der Waals surface area contributed by atoms with Crippen LogP contribution in [0.1, 0.15) is 49.2 Å². The first-order valence-corrected chi connectivity index (χ1v) is 12.0. The predicted molar refractivity (Wildman–Crippen MR) is 116 cm³/mol. The maximum absolute atomic E-state index is 12.4. The summed E-state index contributed by atoms with van der Waals surface area (Å²) in [5.41, 5.74) is 3.75. The molecular weight excluding hydrogens is 404 g/mol. The van der Waals surface area contributed by atoms with Crippen LogP contribution in [-0.4, -0.2) is 41.5 Å². The van der Waals surface area contributed by atoms with Crippen molar-refractivity contribution in [2.45, 2.75) is 52.5 Å². The van der Waals surface area contributed by atoms with Gasteiger partial charge in [-0.15, -0.1) is 0 Å². The molecule has 162 valence electrons. The van der Waals surface area contributed by atoms with Crippen LogP contribution in [0.5, 0.6) is 0 Å². The average Bonchev–Trinajstić information content (AvgIpc) is 3.20. The minimum absolute atomic E-state index is 0.0436. The fourth-order valence-corrected chi connectivity index (χ4v) is 5.45. The number of carbonyl (C=O) groups excluding carboxylic acids is 2. The topological polar surface area (TPSA) is 110 Å². The number of nitrogens with zero attached hydrogens (tertiary/aromatic N) is 2. The van der Waals surface area contributed by atoms with Gasteiger partial charge in [-0.2, -0.15) is 5.10 Å². The van der Waals surface area contributed by atoms with Crippen LogP contribution in [0, 0.1) is 13.8 Å².